The lowest BCUT2D eigenvalue weighted by atomic mass is 9.62. The molecule has 0 saturated heterocycles. The summed E-state index contributed by atoms with van der Waals surface area (Å²) in [5, 5.41) is 11.7. The van der Waals surface area contributed by atoms with Gasteiger partial charge in [-0.05, 0) is 77.8 Å². The second-order valence-electron chi connectivity index (χ2n) is 10.4. The van der Waals surface area contributed by atoms with Gasteiger partial charge in [-0.1, -0.05) is 52.7 Å². The number of rotatable bonds is 9. The van der Waals surface area contributed by atoms with Gasteiger partial charge in [-0.2, -0.15) is 0 Å². The monoisotopic (exact) mass is 425 g/mol. The molecule has 2 N–H and O–H groups in total. The molecule has 1 aliphatic rings. The molecule has 0 unspecified atom stereocenters. The standard InChI is InChI=1S/C27H39NO3/c1-19-16-22-23(27(4,5)13-12-26(22,2)3)18-20(19)17-21-10-11-24(31-21)25(30)28-14-8-6-7-9-15-29/h10-11,16,18,29H,6-9,12-15,17H2,1-5H3,(H,28,30). The average Bonchev–Trinajstić information content (AvgIpc) is 3.18. The maximum absolute atomic E-state index is 12.4. The highest BCUT2D eigenvalue weighted by Crippen LogP contribution is 2.46. The van der Waals surface area contributed by atoms with Gasteiger partial charge in [-0.3, -0.25) is 4.79 Å². The van der Waals surface area contributed by atoms with Gasteiger partial charge in [0.25, 0.3) is 5.91 Å². The highest BCUT2D eigenvalue weighted by molar-refractivity contribution is 5.91. The van der Waals surface area contributed by atoms with Crippen LogP contribution < -0.4 is 5.32 Å². The molecule has 3 rings (SSSR count). The van der Waals surface area contributed by atoms with E-state index in [1.54, 1.807) is 6.07 Å². The zero-order valence-electron chi connectivity index (χ0n) is 19.9. The first-order chi connectivity index (χ1) is 14.6. The molecule has 0 aliphatic heterocycles. The number of carbonyl (C=O) groups is 1. The number of hydrogen-bond donors (Lipinski definition) is 2. The van der Waals surface area contributed by atoms with Crippen molar-refractivity contribution < 1.29 is 14.3 Å². The SMILES string of the molecule is Cc1cc2c(cc1Cc1ccc(C(=O)NCCCCCCO)o1)C(C)(C)CCC2(C)C. The van der Waals surface area contributed by atoms with E-state index in [4.69, 9.17) is 9.52 Å². The van der Waals surface area contributed by atoms with Gasteiger partial charge in [0.05, 0.1) is 0 Å². The van der Waals surface area contributed by atoms with Crippen LogP contribution in [0.25, 0.3) is 0 Å². The van der Waals surface area contributed by atoms with Crippen LogP contribution in [0.3, 0.4) is 0 Å². The topological polar surface area (TPSA) is 62.5 Å². The fourth-order valence-corrected chi connectivity index (χ4v) is 4.62. The van der Waals surface area contributed by atoms with Crippen LogP contribution in [0.1, 0.15) is 105 Å². The van der Waals surface area contributed by atoms with Crippen LogP contribution in [0.15, 0.2) is 28.7 Å². The summed E-state index contributed by atoms with van der Waals surface area (Å²) in [5.74, 6) is 1.05. The van der Waals surface area contributed by atoms with Crippen molar-refractivity contribution in [2.75, 3.05) is 13.2 Å². The molecule has 0 fully saturated rings. The Hall–Kier alpha value is -2.07. The molecule has 4 heteroatoms. The summed E-state index contributed by atoms with van der Waals surface area (Å²) in [6, 6.07) is 8.44. The lowest BCUT2D eigenvalue weighted by Crippen LogP contribution is -2.34. The number of furan rings is 1. The molecule has 170 valence electrons. The predicted molar refractivity (Wildman–Crippen MR) is 126 cm³/mol. The van der Waals surface area contributed by atoms with E-state index in [-0.39, 0.29) is 23.3 Å². The highest BCUT2D eigenvalue weighted by Gasteiger charge is 2.37. The Morgan fingerprint density at radius 2 is 1.65 bits per heavy atom. The fraction of sp³-hybridized carbons (Fsp3) is 0.593. The van der Waals surface area contributed by atoms with Crippen molar-refractivity contribution >= 4 is 5.91 Å². The summed E-state index contributed by atoms with van der Waals surface area (Å²) < 4.78 is 5.89. The first-order valence-electron chi connectivity index (χ1n) is 11.8. The minimum Gasteiger partial charge on any atom is -0.456 e. The fourth-order valence-electron chi connectivity index (χ4n) is 4.62. The lowest BCUT2D eigenvalue weighted by Gasteiger charge is -2.42. The van der Waals surface area contributed by atoms with E-state index in [9.17, 15) is 4.79 Å². The summed E-state index contributed by atoms with van der Waals surface area (Å²) in [6.45, 7) is 12.4. The van der Waals surface area contributed by atoms with E-state index in [1.165, 1.54) is 35.1 Å². The molecular weight excluding hydrogens is 386 g/mol. The Balaban J connectivity index is 1.67. The first-order valence-corrected chi connectivity index (χ1v) is 11.8. The molecule has 0 radical (unpaired) electrons. The van der Waals surface area contributed by atoms with Crippen molar-refractivity contribution in [3.05, 3.63) is 58.0 Å². The summed E-state index contributed by atoms with van der Waals surface area (Å²) in [4.78, 5) is 12.4. The van der Waals surface area contributed by atoms with E-state index in [0.717, 1.165) is 31.4 Å². The molecule has 1 amide bonds. The summed E-state index contributed by atoms with van der Waals surface area (Å²) >= 11 is 0. The Morgan fingerprint density at radius 1 is 1.00 bits per heavy atom. The van der Waals surface area contributed by atoms with E-state index in [1.807, 2.05) is 6.07 Å². The molecule has 1 aliphatic carbocycles. The Labute approximate surface area is 187 Å². The van der Waals surface area contributed by atoms with Crippen molar-refractivity contribution in [2.45, 2.75) is 90.4 Å². The molecule has 1 heterocycles. The molecule has 1 aromatic carbocycles. The normalized spacial score (nSPS) is 16.7. The van der Waals surface area contributed by atoms with E-state index in [0.29, 0.717) is 18.7 Å². The van der Waals surface area contributed by atoms with Gasteiger partial charge in [0, 0.05) is 19.6 Å². The summed E-state index contributed by atoms with van der Waals surface area (Å²) in [6.07, 6.45) is 6.85. The van der Waals surface area contributed by atoms with Crippen LogP contribution in [-0.4, -0.2) is 24.2 Å². The third-order valence-electron chi connectivity index (χ3n) is 6.93. The van der Waals surface area contributed by atoms with Crippen LogP contribution in [0.5, 0.6) is 0 Å². The molecule has 31 heavy (non-hydrogen) atoms. The van der Waals surface area contributed by atoms with Gasteiger partial charge in [-0.15, -0.1) is 0 Å². The minimum atomic E-state index is -0.154. The zero-order chi connectivity index (χ0) is 22.6. The van der Waals surface area contributed by atoms with Gasteiger partial charge in [0.1, 0.15) is 5.76 Å². The van der Waals surface area contributed by atoms with E-state index >= 15 is 0 Å². The van der Waals surface area contributed by atoms with Crippen molar-refractivity contribution in [3.63, 3.8) is 0 Å². The van der Waals surface area contributed by atoms with Gasteiger partial charge >= 0.3 is 0 Å². The molecule has 0 atom stereocenters. The number of benzene rings is 1. The quantitative estimate of drug-likeness (QED) is 0.498. The average molecular weight is 426 g/mol. The summed E-state index contributed by atoms with van der Waals surface area (Å²) in [5.41, 5.74) is 5.88. The van der Waals surface area contributed by atoms with E-state index in [2.05, 4.69) is 52.1 Å². The number of amides is 1. The molecule has 4 nitrogen and oxygen atoms in total. The Bertz CT molecular complexity index is 907. The maximum Gasteiger partial charge on any atom is 0.286 e. The van der Waals surface area contributed by atoms with Crippen molar-refractivity contribution in [1.29, 1.82) is 0 Å². The van der Waals surface area contributed by atoms with Gasteiger partial charge in [0.15, 0.2) is 5.76 Å². The van der Waals surface area contributed by atoms with Gasteiger partial charge in [0.2, 0.25) is 0 Å². The molecule has 1 aromatic heterocycles. The molecule has 0 bridgehead atoms. The van der Waals surface area contributed by atoms with Crippen LogP contribution in [-0.2, 0) is 17.3 Å². The number of fused-ring (bicyclic) bond motifs is 1. The second kappa shape index (κ2) is 9.60. The lowest BCUT2D eigenvalue weighted by molar-refractivity contribution is 0.0923. The minimum absolute atomic E-state index is 0.154. The van der Waals surface area contributed by atoms with Crippen LogP contribution in [0.2, 0.25) is 0 Å². The Kier molecular flexibility index (Phi) is 7.31. The zero-order valence-corrected chi connectivity index (χ0v) is 19.9. The van der Waals surface area contributed by atoms with Gasteiger partial charge < -0.3 is 14.8 Å². The molecule has 0 spiro atoms. The number of nitrogens with one attached hydrogen (secondary N) is 1. The highest BCUT2D eigenvalue weighted by atomic mass is 16.3. The van der Waals surface area contributed by atoms with Gasteiger partial charge in [-0.25, -0.2) is 0 Å². The maximum atomic E-state index is 12.4. The number of carbonyl (C=O) groups excluding carboxylic acids is 1. The largest absolute Gasteiger partial charge is 0.456 e. The Morgan fingerprint density at radius 3 is 2.32 bits per heavy atom. The van der Waals surface area contributed by atoms with Crippen LogP contribution >= 0.6 is 0 Å². The number of unbranched alkanes of at least 4 members (excludes halogenated alkanes) is 3. The molecule has 0 saturated carbocycles. The number of aryl methyl sites for hydroxylation is 1. The van der Waals surface area contributed by atoms with Crippen molar-refractivity contribution in [1.82, 2.24) is 5.32 Å². The van der Waals surface area contributed by atoms with Crippen LogP contribution in [0.4, 0.5) is 0 Å². The third kappa shape index (κ3) is 5.60. The summed E-state index contributed by atoms with van der Waals surface area (Å²) in [7, 11) is 0. The second-order valence-corrected chi connectivity index (χ2v) is 10.4. The predicted octanol–water partition coefficient (Wildman–Crippen LogP) is 5.81. The number of hydrogen-bond acceptors (Lipinski definition) is 3. The molecule has 2 aromatic rings. The number of aliphatic hydroxyl groups is 1. The van der Waals surface area contributed by atoms with E-state index < -0.39 is 0 Å². The van der Waals surface area contributed by atoms with Crippen molar-refractivity contribution in [3.8, 4) is 0 Å². The smallest absolute Gasteiger partial charge is 0.286 e. The first kappa shape index (κ1) is 23.6. The molecular formula is C27H39NO3. The van der Waals surface area contributed by atoms with Crippen molar-refractivity contribution in [2.24, 2.45) is 0 Å². The van der Waals surface area contributed by atoms with Crippen LogP contribution in [0, 0.1) is 6.92 Å². The third-order valence-corrected chi connectivity index (χ3v) is 6.93. The number of aliphatic hydroxyl groups excluding tert-OH is 1.